The first-order chi connectivity index (χ1) is 10.1. The van der Waals surface area contributed by atoms with Crippen LogP contribution in [0.1, 0.15) is 26.3 Å². The molecule has 1 fully saturated rings. The van der Waals surface area contributed by atoms with Gasteiger partial charge in [-0.1, -0.05) is 18.3 Å². The van der Waals surface area contributed by atoms with Gasteiger partial charge >= 0.3 is 0 Å². The lowest BCUT2D eigenvalue weighted by atomic mass is 9.94. The van der Waals surface area contributed by atoms with Crippen LogP contribution in [0.3, 0.4) is 0 Å². The molecule has 0 N–H and O–H groups in total. The van der Waals surface area contributed by atoms with Crippen molar-refractivity contribution in [3.05, 3.63) is 45.2 Å². The summed E-state index contributed by atoms with van der Waals surface area (Å²) < 4.78 is 1.49. The van der Waals surface area contributed by atoms with Gasteiger partial charge in [-0.2, -0.15) is 4.74 Å². The molecule has 6 nitrogen and oxygen atoms in total. The monoisotopic (exact) mass is 339 g/mol. The Labute approximate surface area is 138 Å². The Balaban J connectivity index is 2.43. The predicted octanol–water partition coefficient (Wildman–Crippen LogP) is 2.98. The number of thiocarbonyl (C=S) groups is 1. The van der Waals surface area contributed by atoms with Crippen molar-refractivity contribution in [2.45, 2.75) is 31.2 Å². The van der Waals surface area contributed by atoms with Gasteiger partial charge in [0.2, 0.25) is 4.87 Å². The van der Waals surface area contributed by atoms with E-state index in [9.17, 15) is 15.3 Å². The number of nitro benzene ring substituents is 1. The van der Waals surface area contributed by atoms with Crippen LogP contribution in [0.15, 0.2) is 24.3 Å². The summed E-state index contributed by atoms with van der Waals surface area (Å²) in [6, 6.07) is 5.99. The highest BCUT2D eigenvalue weighted by Crippen LogP contribution is 2.48. The normalized spacial score (nSPS) is 24.6. The number of likely N-dealkylation sites (N-methyl/N-ethyl adjacent to an activating group) is 1. The van der Waals surface area contributed by atoms with Crippen LogP contribution in [0.4, 0.5) is 5.69 Å². The van der Waals surface area contributed by atoms with E-state index in [-0.39, 0.29) is 5.69 Å². The number of nitro groups is 1. The second-order valence-corrected chi connectivity index (χ2v) is 7.81. The number of thioether (sulfide) groups is 1. The molecule has 0 radical (unpaired) electrons. The van der Waals surface area contributed by atoms with Crippen LogP contribution in [-0.2, 0) is 0 Å². The van der Waals surface area contributed by atoms with Crippen molar-refractivity contribution in [3.8, 4) is 0 Å². The number of nitrogens with zero attached hydrogens (tertiary/aromatic N) is 3. The molecule has 0 unspecified atom stereocenters. The van der Waals surface area contributed by atoms with Crippen LogP contribution in [0, 0.1) is 15.3 Å². The molecule has 1 aliphatic rings. The maximum atomic E-state index is 12.7. The summed E-state index contributed by atoms with van der Waals surface area (Å²) in [5.74, 6) is 0. The van der Waals surface area contributed by atoms with E-state index in [0.717, 1.165) is 4.74 Å². The van der Waals surface area contributed by atoms with E-state index >= 15 is 0 Å². The molecule has 0 bridgehead atoms. The summed E-state index contributed by atoms with van der Waals surface area (Å²) in [7, 11) is 1.86. The molecule has 1 saturated heterocycles. The van der Waals surface area contributed by atoms with Crippen molar-refractivity contribution >= 4 is 40.2 Å². The smallest absolute Gasteiger partial charge is 0.270 e. The van der Waals surface area contributed by atoms with E-state index in [2.05, 4.69) is 0 Å². The number of benzene rings is 1. The Morgan fingerprint density at radius 1 is 1.32 bits per heavy atom. The molecule has 0 amide bonds. The van der Waals surface area contributed by atoms with Crippen LogP contribution >= 0.6 is 24.0 Å². The van der Waals surface area contributed by atoms with Crippen molar-refractivity contribution in [2.24, 2.45) is 0 Å². The lowest BCUT2D eigenvalue weighted by Gasteiger charge is -2.37. The first-order valence-electron chi connectivity index (χ1n) is 6.62. The van der Waals surface area contributed by atoms with Crippen molar-refractivity contribution in [1.82, 2.24) is 4.90 Å². The van der Waals surface area contributed by atoms with Crippen molar-refractivity contribution in [3.63, 3.8) is 0 Å². The third kappa shape index (κ3) is 2.56. The fourth-order valence-corrected chi connectivity index (χ4v) is 4.14. The maximum Gasteiger partial charge on any atom is 0.270 e. The predicted molar refractivity (Wildman–Crippen MR) is 92.3 cm³/mol. The van der Waals surface area contributed by atoms with Gasteiger partial charge in [-0.3, -0.25) is 10.1 Å². The molecular weight excluding hydrogens is 322 g/mol. The Morgan fingerprint density at radius 3 is 2.45 bits per heavy atom. The largest absolute Gasteiger partial charge is 0.623 e. The molecular formula is C14H17N3O3S2. The summed E-state index contributed by atoms with van der Waals surface area (Å²) >= 11 is 6.63. The molecule has 0 saturated carbocycles. The Hall–Kier alpha value is -1.67. The van der Waals surface area contributed by atoms with E-state index in [4.69, 9.17) is 12.2 Å². The fourth-order valence-electron chi connectivity index (χ4n) is 2.19. The quantitative estimate of drug-likeness (QED) is 0.210. The van der Waals surface area contributed by atoms with Crippen LogP contribution in [0.2, 0.25) is 0 Å². The van der Waals surface area contributed by atoms with Gasteiger partial charge in [0.05, 0.1) is 4.92 Å². The second-order valence-electron chi connectivity index (χ2n) is 5.78. The van der Waals surface area contributed by atoms with E-state index in [1.807, 2.05) is 32.7 Å². The molecule has 22 heavy (non-hydrogen) atoms. The first kappa shape index (κ1) is 16.7. The van der Waals surface area contributed by atoms with Gasteiger partial charge in [0, 0.05) is 31.7 Å². The Kier molecular flexibility index (Phi) is 4.18. The summed E-state index contributed by atoms with van der Waals surface area (Å²) in [6.45, 7) is 5.73. The molecule has 0 aliphatic carbocycles. The molecule has 1 aromatic rings. The van der Waals surface area contributed by atoms with Crippen LogP contribution in [0.25, 0.3) is 0 Å². The Morgan fingerprint density at radius 2 is 1.95 bits per heavy atom. The fraction of sp³-hybridized carbons (Fsp3) is 0.429. The van der Waals surface area contributed by atoms with Gasteiger partial charge in [0.15, 0.2) is 6.21 Å². The van der Waals surface area contributed by atoms with Crippen LogP contribution in [0.5, 0.6) is 0 Å². The molecule has 1 aromatic carbocycles. The van der Waals surface area contributed by atoms with Gasteiger partial charge in [-0.15, -0.1) is 0 Å². The SMILES string of the molecule is CN1C(=S)S[C@](C)(/[N+]([O-])=C\c2cccc([N+](=O)[O-])c2)C1(C)C. The van der Waals surface area contributed by atoms with Crippen LogP contribution < -0.4 is 0 Å². The topological polar surface area (TPSA) is 72.5 Å². The average Bonchev–Trinajstić information content (AvgIpc) is 2.60. The molecule has 0 aromatic heterocycles. The van der Waals surface area contributed by atoms with Crippen molar-refractivity contribution in [1.29, 1.82) is 0 Å². The van der Waals surface area contributed by atoms with E-state index in [1.165, 1.54) is 30.1 Å². The minimum Gasteiger partial charge on any atom is -0.623 e. The van der Waals surface area contributed by atoms with E-state index in [1.54, 1.807) is 12.1 Å². The summed E-state index contributed by atoms with van der Waals surface area (Å²) in [4.78, 5) is 11.4. The number of hydrogen-bond donors (Lipinski definition) is 0. The maximum absolute atomic E-state index is 12.7. The minimum atomic E-state index is -0.816. The van der Waals surface area contributed by atoms with E-state index in [0.29, 0.717) is 9.88 Å². The minimum absolute atomic E-state index is 0.0433. The van der Waals surface area contributed by atoms with Crippen molar-refractivity contribution < 1.29 is 9.66 Å². The number of non-ortho nitro benzene ring substituents is 1. The van der Waals surface area contributed by atoms with E-state index < -0.39 is 15.3 Å². The molecule has 118 valence electrons. The Bertz CT molecular complexity index is 675. The molecule has 1 atom stereocenters. The number of hydroxylamine groups is 1. The number of hydrogen-bond acceptors (Lipinski definition) is 5. The van der Waals surface area contributed by atoms with Crippen molar-refractivity contribution in [2.75, 3.05) is 7.05 Å². The van der Waals surface area contributed by atoms with Crippen LogP contribution in [-0.4, -0.2) is 42.6 Å². The lowest BCUT2D eigenvalue weighted by Crippen LogP contribution is -2.55. The van der Waals surface area contributed by atoms with Gasteiger partial charge in [0.25, 0.3) is 5.69 Å². The summed E-state index contributed by atoms with van der Waals surface area (Å²) in [5, 5.41) is 23.5. The molecule has 8 heteroatoms. The summed E-state index contributed by atoms with van der Waals surface area (Å²) in [5.41, 5.74) is -0.0335. The first-order valence-corrected chi connectivity index (χ1v) is 7.84. The zero-order valence-corrected chi connectivity index (χ0v) is 14.4. The number of rotatable bonds is 3. The molecule has 0 spiro atoms. The van der Waals surface area contributed by atoms with Gasteiger partial charge in [0.1, 0.15) is 9.86 Å². The third-order valence-electron chi connectivity index (χ3n) is 4.30. The molecule has 1 heterocycles. The third-order valence-corrected chi connectivity index (χ3v) is 6.35. The van der Waals surface area contributed by atoms with Gasteiger partial charge in [-0.25, -0.2) is 0 Å². The molecule has 1 aliphatic heterocycles. The van der Waals surface area contributed by atoms with Gasteiger partial charge in [-0.05, 0) is 31.7 Å². The lowest BCUT2D eigenvalue weighted by molar-refractivity contribution is -0.522. The average molecular weight is 339 g/mol. The second kappa shape index (κ2) is 5.51. The van der Waals surface area contributed by atoms with Gasteiger partial charge < -0.3 is 10.1 Å². The zero-order chi connectivity index (χ0) is 16.7. The highest BCUT2D eigenvalue weighted by atomic mass is 32.2. The standard InChI is InChI=1S/C14H17N3O3S2/c1-13(2)14(3,22-12(21)15(13)4)16(18)9-10-6-5-7-11(8-10)17(19)20/h5-9H,1-4H3/b16-9+/t14-/m0/s1. The summed E-state index contributed by atoms with van der Waals surface area (Å²) in [6.07, 6.45) is 1.38. The highest BCUT2D eigenvalue weighted by Gasteiger charge is 2.59. The highest BCUT2D eigenvalue weighted by molar-refractivity contribution is 8.24. The zero-order valence-electron chi connectivity index (χ0n) is 12.8. The molecule has 2 rings (SSSR count).